The van der Waals surface area contributed by atoms with Crippen molar-refractivity contribution in [3.05, 3.63) is 37.9 Å². The summed E-state index contributed by atoms with van der Waals surface area (Å²) in [5.74, 6) is -0.893. The monoisotopic (exact) mass is 394 g/mol. The van der Waals surface area contributed by atoms with Gasteiger partial charge in [0.1, 0.15) is 5.00 Å². The average molecular weight is 394 g/mol. The zero-order valence-corrected chi connectivity index (χ0v) is 16.5. The number of nitro groups is 1. The summed E-state index contributed by atoms with van der Waals surface area (Å²) in [7, 11) is 0. The minimum Gasteiger partial charge on any atom is -0.462 e. The number of nitrogens with one attached hydrogen (secondary N) is 1. The summed E-state index contributed by atoms with van der Waals surface area (Å²) < 4.78 is 6.58. The van der Waals surface area contributed by atoms with Gasteiger partial charge in [0.05, 0.1) is 35.6 Å². The molecule has 2 heterocycles. The first-order chi connectivity index (χ1) is 12.7. The normalized spacial score (nSPS) is 10.7. The molecule has 0 fully saturated rings. The Labute approximate surface area is 160 Å². The van der Waals surface area contributed by atoms with Gasteiger partial charge in [-0.15, -0.1) is 11.3 Å². The fraction of sp³-hybridized carbons (Fsp3) is 0.471. The van der Waals surface area contributed by atoms with Crippen LogP contribution >= 0.6 is 11.3 Å². The molecule has 27 heavy (non-hydrogen) atoms. The van der Waals surface area contributed by atoms with E-state index in [0.29, 0.717) is 29.2 Å². The van der Waals surface area contributed by atoms with Crippen LogP contribution in [0.2, 0.25) is 0 Å². The number of esters is 1. The summed E-state index contributed by atoms with van der Waals surface area (Å²) in [4.78, 5) is 35.5. The van der Waals surface area contributed by atoms with Crippen molar-refractivity contribution in [1.29, 1.82) is 0 Å². The Hall–Kier alpha value is -2.75. The number of rotatable bonds is 8. The van der Waals surface area contributed by atoms with Gasteiger partial charge in [-0.3, -0.25) is 4.79 Å². The van der Waals surface area contributed by atoms with Gasteiger partial charge in [-0.05, 0) is 44.6 Å². The Morgan fingerprint density at radius 2 is 2.07 bits per heavy atom. The van der Waals surface area contributed by atoms with Crippen LogP contribution in [0.3, 0.4) is 0 Å². The summed E-state index contributed by atoms with van der Waals surface area (Å²) in [6, 6.07) is 1.39. The van der Waals surface area contributed by atoms with E-state index in [4.69, 9.17) is 4.74 Å². The molecule has 9 nitrogen and oxygen atoms in total. The first kappa shape index (κ1) is 20.6. The summed E-state index contributed by atoms with van der Waals surface area (Å²) in [6.07, 6.45) is 0.662. The second-order valence-electron chi connectivity index (χ2n) is 5.98. The Kier molecular flexibility index (Phi) is 6.67. The molecule has 1 N–H and O–H groups in total. The highest BCUT2D eigenvalue weighted by Crippen LogP contribution is 2.33. The minimum absolute atomic E-state index is 0.200. The lowest BCUT2D eigenvalue weighted by atomic mass is 10.1. The molecular formula is C17H22N4O5S. The third kappa shape index (κ3) is 4.91. The number of amides is 1. The Morgan fingerprint density at radius 3 is 2.67 bits per heavy atom. The number of carbonyl (C=O) groups is 2. The van der Waals surface area contributed by atoms with Gasteiger partial charge in [-0.2, -0.15) is 4.68 Å². The number of aromatic nitrogens is 2. The minimum atomic E-state index is -0.547. The number of ether oxygens (including phenoxy) is 1. The molecule has 0 aliphatic carbocycles. The lowest BCUT2D eigenvalue weighted by molar-refractivity contribution is -0.389. The highest BCUT2D eigenvalue weighted by atomic mass is 32.1. The predicted octanol–water partition coefficient (Wildman–Crippen LogP) is 3.37. The Morgan fingerprint density at radius 1 is 1.37 bits per heavy atom. The van der Waals surface area contributed by atoms with Gasteiger partial charge >= 0.3 is 11.8 Å². The van der Waals surface area contributed by atoms with Crippen LogP contribution in [0.1, 0.15) is 46.3 Å². The number of hydrogen-bond donors (Lipinski definition) is 1. The Bertz CT molecular complexity index is 871. The van der Waals surface area contributed by atoms with E-state index >= 15 is 0 Å². The molecule has 0 bridgehead atoms. The molecule has 0 spiro atoms. The molecule has 2 aromatic rings. The fourth-order valence-corrected chi connectivity index (χ4v) is 3.62. The summed E-state index contributed by atoms with van der Waals surface area (Å²) >= 11 is 1.34. The van der Waals surface area contributed by atoms with Crippen molar-refractivity contribution >= 4 is 34.0 Å². The van der Waals surface area contributed by atoms with Gasteiger partial charge in [0.25, 0.3) is 0 Å². The van der Waals surface area contributed by atoms with Crippen LogP contribution in [0.5, 0.6) is 0 Å². The highest BCUT2D eigenvalue weighted by Gasteiger charge is 2.22. The number of nitrogens with zero attached hydrogens (tertiary/aromatic N) is 3. The average Bonchev–Trinajstić information content (AvgIpc) is 3.08. The van der Waals surface area contributed by atoms with Crippen LogP contribution in [-0.4, -0.2) is 33.2 Å². The van der Waals surface area contributed by atoms with Crippen LogP contribution in [0.25, 0.3) is 0 Å². The molecule has 0 saturated carbocycles. The summed E-state index contributed by atoms with van der Waals surface area (Å²) in [6.45, 7) is 7.80. The quantitative estimate of drug-likeness (QED) is 0.417. The van der Waals surface area contributed by atoms with Gasteiger partial charge in [-0.1, -0.05) is 0 Å². The van der Waals surface area contributed by atoms with E-state index in [1.165, 1.54) is 22.1 Å². The summed E-state index contributed by atoms with van der Waals surface area (Å²) in [5, 5.41) is 17.9. The Balaban J connectivity index is 1.97. The molecular weight excluding hydrogens is 372 g/mol. The predicted molar refractivity (Wildman–Crippen MR) is 101 cm³/mol. The maximum absolute atomic E-state index is 12.3. The first-order valence-electron chi connectivity index (χ1n) is 8.50. The van der Waals surface area contributed by atoms with Crippen LogP contribution in [-0.2, 0) is 16.1 Å². The van der Waals surface area contributed by atoms with Crippen LogP contribution in [0, 0.1) is 30.9 Å². The maximum atomic E-state index is 12.3. The smallest absolute Gasteiger partial charge is 0.390 e. The lowest BCUT2D eigenvalue weighted by Crippen LogP contribution is -2.15. The zero-order valence-electron chi connectivity index (χ0n) is 15.7. The van der Waals surface area contributed by atoms with Gasteiger partial charge in [-0.25, -0.2) is 4.79 Å². The summed E-state index contributed by atoms with van der Waals surface area (Å²) in [5.41, 5.74) is 1.86. The largest absolute Gasteiger partial charge is 0.462 e. The first-order valence-corrected chi connectivity index (χ1v) is 9.32. The number of carbonyl (C=O) groups excluding carboxylic acids is 2. The van der Waals surface area contributed by atoms with E-state index in [2.05, 4.69) is 10.4 Å². The molecule has 1 amide bonds. The second-order valence-corrected chi connectivity index (χ2v) is 7.21. The van der Waals surface area contributed by atoms with Crippen molar-refractivity contribution in [2.75, 3.05) is 11.9 Å². The van der Waals surface area contributed by atoms with Crippen molar-refractivity contribution in [3.63, 3.8) is 0 Å². The molecule has 146 valence electrons. The number of anilines is 1. The van der Waals surface area contributed by atoms with Crippen molar-refractivity contribution < 1.29 is 19.2 Å². The van der Waals surface area contributed by atoms with Gasteiger partial charge < -0.3 is 20.2 Å². The van der Waals surface area contributed by atoms with E-state index in [1.54, 1.807) is 13.8 Å². The molecule has 0 aliphatic rings. The molecule has 0 aliphatic heterocycles. The molecule has 0 aromatic carbocycles. The molecule has 0 saturated heterocycles. The van der Waals surface area contributed by atoms with Gasteiger partial charge in [0, 0.05) is 11.3 Å². The van der Waals surface area contributed by atoms with Crippen molar-refractivity contribution in [2.45, 2.75) is 47.1 Å². The molecule has 10 heteroatoms. The third-order valence-corrected chi connectivity index (χ3v) is 5.17. The van der Waals surface area contributed by atoms with E-state index in [-0.39, 0.29) is 24.8 Å². The van der Waals surface area contributed by atoms with Gasteiger partial charge in [0.2, 0.25) is 5.91 Å². The molecule has 0 unspecified atom stereocenters. The molecule has 2 aromatic heterocycles. The van der Waals surface area contributed by atoms with Crippen molar-refractivity contribution in [3.8, 4) is 0 Å². The SMILES string of the molecule is CCOC(=O)c1c(NC(=O)CCCn2nc([N+](=O)[O-])cc2C)sc(C)c1C. The lowest BCUT2D eigenvalue weighted by Gasteiger charge is -2.07. The molecule has 2 rings (SSSR count). The zero-order chi connectivity index (χ0) is 20.1. The van der Waals surface area contributed by atoms with Crippen molar-refractivity contribution in [2.24, 2.45) is 0 Å². The number of hydrogen-bond acceptors (Lipinski definition) is 7. The van der Waals surface area contributed by atoms with Crippen molar-refractivity contribution in [1.82, 2.24) is 9.78 Å². The van der Waals surface area contributed by atoms with E-state index in [1.807, 2.05) is 13.8 Å². The molecule has 0 atom stereocenters. The van der Waals surface area contributed by atoms with Crippen LogP contribution in [0.15, 0.2) is 6.07 Å². The topological polar surface area (TPSA) is 116 Å². The third-order valence-electron chi connectivity index (χ3n) is 4.05. The number of thiophene rings is 1. The number of aryl methyl sites for hydroxylation is 3. The van der Waals surface area contributed by atoms with Crippen LogP contribution in [0.4, 0.5) is 10.8 Å². The van der Waals surface area contributed by atoms with Gasteiger partial charge in [0.15, 0.2) is 0 Å². The maximum Gasteiger partial charge on any atom is 0.390 e. The standard InChI is InChI=1S/C17H22N4O5S/c1-5-26-17(23)15-11(3)12(4)27-16(15)18-14(22)7-6-8-20-10(2)9-13(19-20)21(24)25/h9H,5-8H2,1-4H3,(H,18,22). The molecule has 0 radical (unpaired) electrons. The van der Waals surface area contributed by atoms with E-state index in [0.717, 1.165) is 10.4 Å². The fourth-order valence-electron chi connectivity index (χ4n) is 2.55. The van der Waals surface area contributed by atoms with Crippen LogP contribution < -0.4 is 5.32 Å². The highest BCUT2D eigenvalue weighted by molar-refractivity contribution is 7.16. The van der Waals surface area contributed by atoms with E-state index in [9.17, 15) is 19.7 Å². The van der Waals surface area contributed by atoms with E-state index < -0.39 is 10.9 Å². The second kappa shape index (κ2) is 8.76.